The summed E-state index contributed by atoms with van der Waals surface area (Å²) in [7, 11) is 0. The number of aliphatic hydroxyl groups is 1. The van der Waals surface area contributed by atoms with Crippen LogP contribution in [0.15, 0.2) is 79.1 Å². The van der Waals surface area contributed by atoms with Gasteiger partial charge in [-0.3, -0.25) is 4.98 Å². The molecule has 1 N–H and O–H groups in total. The molecule has 0 unspecified atom stereocenters. The van der Waals surface area contributed by atoms with E-state index >= 15 is 0 Å². The first-order chi connectivity index (χ1) is 15.8. The normalized spacial score (nSPS) is 10.6. The zero-order chi connectivity index (χ0) is 22.2. The Kier molecular flexibility index (Phi) is 7.06. The second-order valence-corrected chi connectivity index (χ2v) is 7.40. The number of nitrogens with zero attached hydrogens (tertiary/aromatic N) is 3. The molecule has 0 radical (unpaired) electrons. The molecule has 0 atom stereocenters. The highest BCUT2D eigenvalue weighted by molar-refractivity contribution is 5.79. The smallest absolute Gasteiger partial charge is 0.123 e. The van der Waals surface area contributed by atoms with Gasteiger partial charge in [0.25, 0.3) is 0 Å². The molecule has 0 aliphatic rings. The van der Waals surface area contributed by atoms with Gasteiger partial charge in [-0.2, -0.15) is 0 Å². The van der Waals surface area contributed by atoms with Gasteiger partial charge >= 0.3 is 0 Å². The number of aryl methyl sites for hydroxylation is 1. The first-order valence-corrected chi connectivity index (χ1v) is 10.6. The summed E-state index contributed by atoms with van der Waals surface area (Å²) in [6.45, 7) is 0.577. The SMILES string of the molecule is OCC#CCc1nc(-c2ccc(F)cc2)c(-c2ccncc2)n1CCCc1ccccc1. The van der Waals surface area contributed by atoms with Gasteiger partial charge < -0.3 is 9.67 Å². The Balaban J connectivity index is 1.77. The number of hydrogen-bond donors (Lipinski definition) is 1. The quantitative estimate of drug-likeness (QED) is 0.428. The average molecular weight is 426 g/mol. The van der Waals surface area contributed by atoms with Crippen LogP contribution in [0.1, 0.15) is 17.8 Å². The fourth-order valence-corrected chi connectivity index (χ4v) is 3.77. The Hall–Kier alpha value is -3.75. The molecule has 4 nitrogen and oxygen atoms in total. The molecule has 0 amide bonds. The molecule has 0 aliphatic heterocycles. The number of benzene rings is 2. The molecule has 0 saturated carbocycles. The third kappa shape index (κ3) is 5.11. The Labute approximate surface area is 187 Å². The molecule has 2 aromatic heterocycles. The van der Waals surface area contributed by atoms with E-state index in [2.05, 4.69) is 45.7 Å². The minimum Gasteiger partial charge on any atom is -0.384 e. The third-order valence-corrected chi connectivity index (χ3v) is 5.26. The molecule has 0 aliphatic carbocycles. The minimum atomic E-state index is -0.282. The molecule has 0 saturated heterocycles. The van der Waals surface area contributed by atoms with E-state index in [4.69, 9.17) is 10.1 Å². The van der Waals surface area contributed by atoms with E-state index in [-0.39, 0.29) is 12.4 Å². The Morgan fingerprint density at radius 3 is 2.34 bits per heavy atom. The second kappa shape index (κ2) is 10.5. The second-order valence-electron chi connectivity index (χ2n) is 7.40. The molecule has 4 rings (SSSR count). The van der Waals surface area contributed by atoms with E-state index in [9.17, 15) is 4.39 Å². The van der Waals surface area contributed by atoms with Crippen LogP contribution in [0.5, 0.6) is 0 Å². The van der Waals surface area contributed by atoms with Crippen molar-refractivity contribution in [3.63, 3.8) is 0 Å². The van der Waals surface area contributed by atoms with Gasteiger partial charge in [-0.05, 0) is 54.8 Å². The van der Waals surface area contributed by atoms with Gasteiger partial charge in [-0.1, -0.05) is 42.2 Å². The summed E-state index contributed by atoms with van der Waals surface area (Å²) >= 11 is 0. The summed E-state index contributed by atoms with van der Waals surface area (Å²) in [6.07, 6.45) is 5.82. The van der Waals surface area contributed by atoms with Crippen molar-refractivity contribution in [3.8, 4) is 34.4 Å². The molecule has 5 heteroatoms. The van der Waals surface area contributed by atoms with Crippen molar-refractivity contribution >= 4 is 0 Å². The predicted octanol–water partition coefficient (Wildman–Crippen LogP) is 4.92. The zero-order valence-electron chi connectivity index (χ0n) is 17.7. The van der Waals surface area contributed by atoms with Gasteiger partial charge in [-0.15, -0.1) is 0 Å². The summed E-state index contributed by atoms with van der Waals surface area (Å²) in [5, 5.41) is 9.08. The van der Waals surface area contributed by atoms with E-state index in [0.717, 1.165) is 47.7 Å². The van der Waals surface area contributed by atoms with E-state index in [1.165, 1.54) is 17.7 Å². The van der Waals surface area contributed by atoms with Crippen molar-refractivity contribution in [1.82, 2.24) is 14.5 Å². The first kappa shape index (κ1) is 21.5. The molecule has 32 heavy (non-hydrogen) atoms. The number of aliphatic hydroxyl groups excluding tert-OH is 1. The number of pyridine rings is 1. The molecule has 4 aromatic rings. The first-order valence-electron chi connectivity index (χ1n) is 10.6. The fourth-order valence-electron chi connectivity index (χ4n) is 3.77. The van der Waals surface area contributed by atoms with Crippen LogP contribution in [-0.4, -0.2) is 26.2 Å². The van der Waals surface area contributed by atoms with Crippen molar-refractivity contribution in [2.45, 2.75) is 25.8 Å². The van der Waals surface area contributed by atoms with Crippen LogP contribution < -0.4 is 0 Å². The molecule has 160 valence electrons. The molecular formula is C27H24FN3O. The maximum absolute atomic E-state index is 13.6. The highest BCUT2D eigenvalue weighted by Crippen LogP contribution is 2.33. The monoisotopic (exact) mass is 425 g/mol. The topological polar surface area (TPSA) is 50.9 Å². The summed E-state index contributed by atoms with van der Waals surface area (Å²) < 4.78 is 15.8. The Morgan fingerprint density at radius 2 is 1.62 bits per heavy atom. The van der Waals surface area contributed by atoms with Crippen molar-refractivity contribution < 1.29 is 9.50 Å². The molecule has 0 bridgehead atoms. The predicted molar refractivity (Wildman–Crippen MR) is 124 cm³/mol. The fraction of sp³-hybridized carbons (Fsp3) is 0.185. The summed E-state index contributed by atoms with van der Waals surface area (Å²) in [5.74, 6) is 6.25. The van der Waals surface area contributed by atoms with Gasteiger partial charge in [0.1, 0.15) is 18.2 Å². The van der Waals surface area contributed by atoms with Gasteiger partial charge in [0.05, 0.1) is 17.8 Å². The summed E-state index contributed by atoms with van der Waals surface area (Å²) in [6, 6.07) is 20.7. The van der Waals surface area contributed by atoms with Crippen LogP contribution in [0, 0.1) is 17.7 Å². The highest BCUT2D eigenvalue weighted by Gasteiger charge is 2.19. The standard InChI is InChI=1S/C27H24FN3O/c28-24-13-11-22(12-14-24)26-27(23-15-17-29-18-16-23)31(25(30-26)10-4-5-20-32)19-6-9-21-7-2-1-3-8-21/h1-3,7-8,11-18,32H,6,9-10,19-20H2. The van der Waals surface area contributed by atoms with Gasteiger partial charge in [0.15, 0.2) is 0 Å². The molecule has 2 aromatic carbocycles. The lowest BCUT2D eigenvalue weighted by molar-refractivity contribution is 0.350. The summed E-state index contributed by atoms with van der Waals surface area (Å²) in [4.78, 5) is 9.07. The summed E-state index contributed by atoms with van der Waals surface area (Å²) in [5.41, 5.74) is 4.88. The van der Waals surface area contributed by atoms with E-state index < -0.39 is 0 Å². The largest absolute Gasteiger partial charge is 0.384 e. The maximum atomic E-state index is 13.6. The van der Waals surface area contributed by atoms with Crippen molar-refractivity contribution in [3.05, 3.63) is 96.3 Å². The number of aromatic nitrogens is 3. The molecular weight excluding hydrogens is 401 g/mol. The lowest BCUT2D eigenvalue weighted by Crippen LogP contribution is -2.07. The Morgan fingerprint density at radius 1 is 0.875 bits per heavy atom. The van der Waals surface area contributed by atoms with Gasteiger partial charge in [0, 0.05) is 30.1 Å². The van der Waals surface area contributed by atoms with Crippen molar-refractivity contribution in [2.75, 3.05) is 6.61 Å². The lowest BCUT2D eigenvalue weighted by Gasteiger charge is -2.13. The lowest BCUT2D eigenvalue weighted by atomic mass is 10.1. The highest BCUT2D eigenvalue weighted by atomic mass is 19.1. The van der Waals surface area contributed by atoms with Crippen molar-refractivity contribution in [1.29, 1.82) is 0 Å². The van der Waals surface area contributed by atoms with E-state index in [1.54, 1.807) is 24.5 Å². The van der Waals surface area contributed by atoms with Crippen LogP contribution in [0.4, 0.5) is 4.39 Å². The molecule has 0 spiro atoms. The number of hydrogen-bond acceptors (Lipinski definition) is 3. The third-order valence-electron chi connectivity index (χ3n) is 5.26. The van der Waals surface area contributed by atoms with Crippen LogP contribution >= 0.6 is 0 Å². The van der Waals surface area contributed by atoms with Gasteiger partial charge in [-0.25, -0.2) is 9.37 Å². The average Bonchev–Trinajstić information content (AvgIpc) is 3.19. The maximum Gasteiger partial charge on any atom is 0.123 e. The van der Waals surface area contributed by atoms with E-state index in [0.29, 0.717) is 6.42 Å². The van der Waals surface area contributed by atoms with Crippen molar-refractivity contribution in [2.24, 2.45) is 0 Å². The van der Waals surface area contributed by atoms with Crippen LogP contribution in [0.2, 0.25) is 0 Å². The number of imidazole rings is 1. The van der Waals surface area contributed by atoms with Crippen LogP contribution in [0.3, 0.4) is 0 Å². The molecule has 2 heterocycles. The van der Waals surface area contributed by atoms with E-state index in [1.807, 2.05) is 18.2 Å². The number of rotatable bonds is 7. The molecule has 0 fully saturated rings. The number of halogens is 1. The van der Waals surface area contributed by atoms with Gasteiger partial charge in [0.2, 0.25) is 0 Å². The Bertz CT molecular complexity index is 1210. The van der Waals surface area contributed by atoms with Crippen LogP contribution in [0.25, 0.3) is 22.5 Å². The zero-order valence-corrected chi connectivity index (χ0v) is 17.7. The van der Waals surface area contributed by atoms with Crippen LogP contribution in [-0.2, 0) is 19.4 Å². The minimum absolute atomic E-state index is 0.184.